The zero-order valence-corrected chi connectivity index (χ0v) is 21.6. The zero-order chi connectivity index (χ0) is 22.5. The van der Waals surface area contributed by atoms with Crippen molar-refractivity contribution in [3.8, 4) is 0 Å². The first-order valence-corrected chi connectivity index (χ1v) is 13.4. The summed E-state index contributed by atoms with van der Waals surface area (Å²) in [6, 6.07) is 0. The van der Waals surface area contributed by atoms with E-state index in [2.05, 4.69) is 41.5 Å². The first-order chi connectivity index (χ1) is 14.6. The fourth-order valence-electron chi connectivity index (χ4n) is 3.84. The van der Waals surface area contributed by atoms with Crippen LogP contribution in [0.1, 0.15) is 119 Å². The van der Waals surface area contributed by atoms with Crippen LogP contribution in [0.4, 0.5) is 0 Å². The summed E-state index contributed by atoms with van der Waals surface area (Å²) < 4.78 is 18.6. The van der Waals surface area contributed by atoms with Gasteiger partial charge in [-0.3, -0.25) is 0 Å². The third-order valence-corrected chi connectivity index (χ3v) is 6.51. The third kappa shape index (κ3) is 16.6. The molecule has 0 aromatic heterocycles. The van der Waals surface area contributed by atoms with Gasteiger partial charge in [0.1, 0.15) is 6.10 Å². The molecule has 0 aliphatic heterocycles. The van der Waals surface area contributed by atoms with E-state index >= 15 is 0 Å². The highest BCUT2D eigenvalue weighted by Crippen LogP contribution is 2.17. The fraction of sp³-hybridized carbons (Fsp3) is 1.00. The number of unbranched alkanes of at least 4 members (excludes halogenated alkanes) is 3. The average molecular weight is 429 g/mol. The van der Waals surface area contributed by atoms with Crippen LogP contribution >= 0.6 is 0 Å². The summed E-state index contributed by atoms with van der Waals surface area (Å²) in [6.07, 6.45) is 15.2. The molecule has 0 saturated heterocycles. The van der Waals surface area contributed by atoms with Gasteiger partial charge in [-0.05, 0) is 37.0 Å². The molecule has 0 bridgehead atoms. The lowest BCUT2D eigenvalue weighted by atomic mass is 10.0. The van der Waals surface area contributed by atoms with Gasteiger partial charge in [-0.25, -0.2) is 0 Å². The van der Waals surface area contributed by atoms with Crippen LogP contribution in [0.3, 0.4) is 0 Å². The van der Waals surface area contributed by atoms with Crippen LogP contribution in [0.15, 0.2) is 0 Å². The molecule has 3 nitrogen and oxygen atoms in total. The number of rotatable bonds is 23. The second-order valence-corrected chi connectivity index (χ2v) is 9.28. The Morgan fingerprint density at radius 3 is 1.17 bits per heavy atom. The lowest BCUT2D eigenvalue weighted by molar-refractivity contribution is -0.0788. The summed E-state index contributed by atoms with van der Waals surface area (Å²) in [5.74, 6) is 2.02. The van der Waals surface area contributed by atoms with Crippen molar-refractivity contribution in [2.45, 2.75) is 125 Å². The summed E-state index contributed by atoms with van der Waals surface area (Å²) in [6.45, 7) is 17.5. The van der Waals surface area contributed by atoms with Crippen molar-refractivity contribution in [3.63, 3.8) is 0 Å². The molecule has 3 atom stereocenters. The topological polar surface area (TPSA) is 27.7 Å². The molecule has 3 heteroatoms. The van der Waals surface area contributed by atoms with E-state index in [1.807, 2.05) is 0 Å². The largest absolute Gasteiger partial charge is 0.378 e. The molecule has 0 N–H and O–H groups in total. The number of hydrogen-bond acceptors (Lipinski definition) is 3. The van der Waals surface area contributed by atoms with Gasteiger partial charge in [0, 0.05) is 19.8 Å². The molecule has 0 aromatic carbocycles. The van der Waals surface area contributed by atoms with Crippen LogP contribution in [0.5, 0.6) is 0 Å². The Kier molecular flexibility index (Phi) is 22.0. The van der Waals surface area contributed by atoms with E-state index in [1.165, 1.54) is 77.0 Å². The Morgan fingerprint density at radius 2 is 0.833 bits per heavy atom. The van der Waals surface area contributed by atoms with Gasteiger partial charge < -0.3 is 14.2 Å². The number of hydrogen-bond donors (Lipinski definition) is 0. The van der Waals surface area contributed by atoms with Crippen LogP contribution in [0.25, 0.3) is 0 Å². The van der Waals surface area contributed by atoms with Crippen molar-refractivity contribution in [1.29, 1.82) is 0 Å². The molecule has 30 heavy (non-hydrogen) atoms. The molecule has 0 aliphatic carbocycles. The maximum absolute atomic E-state index is 6.34. The second kappa shape index (κ2) is 22.1. The summed E-state index contributed by atoms with van der Waals surface area (Å²) in [5.41, 5.74) is 0. The Balaban J connectivity index is 4.51. The van der Waals surface area contributed by atoms with Crippen molar-refractivity contribution >= 4 is 0 Å². The van der Waals surface area contributed by atoms with Crippen LogP contribution in [-0.4, -0.2) is 39.1 Å². The SMILES string of the molecule is CCCCC(CC)COCC(COCC(CC)CCCC)OCC(CC)CCCC. The minimum Gasteiger partial charge on any atom is -0.378 e. The maximum Gasteiger partial charge on any atom is 0.104 e. The van der Waals surface area contributed by atoms with E-state index in [1.54, 1.807) is 0 Å². The van der Waals surface area contributed by atoms with E-state index in [0.29, 0.717) is 31.0 Å². The summed E-state index contributed by atoms with van der Waals surface area (Å²) >= 11 is 0. The molecule has 0 spiro atoms. The number of ether oxygens (including phenoxy) is 3. The Labute approximate surface area is 190 Å². The Bertz CT molecular complexity index is 312. The van der Waals surface area contributed by atoms with Gasteiger partial charge in [0.05, 0.1) is 13.2 Å². The standard InChI is InChI=1S/C27H56O3/c1-7-13-16-24(10-4)19-28-22-27(30-21-26(12-6)18-15-9-3)23-29-20-25(11-5)17-14-8-2/h24-27H,7-23H2,1-6H3. The average Bonchev–Trinajstić information content (AvgIpc) is 2.77. The third-order valence-electron chi connectivity index (χ3n) is 6.51. The van der Waals surface area contributed by atoms with E-state index in [4.69, 9.17) is 14.2 Å². The van der Waals surface area contributed by atoms with Crippen LogP contribution in [0.2, 0.25) is 0 Å². The maximum atomic E-state index is 6.34. The molecule has 0 aromatic rings. The van der Waals surface area contributed by atoms with Gasteiger partial charge in [-0.2, -0.15) is 0 Å². The quantitative estimate of drug-likeness (QED) is 0.165. The van der Waals surface area contributed by atoms with Crippen LogP contribution in [-0.2, 0) is 14.2 Å². The molecule has 0 heterocycles. The van der Waals surface area contributed by atoms with E-state index in [-0.39, 0.29) is 6.10 Å². The van der Waals surface area contributed by atoms with E-state index < -0.39 is 0 Å². The highest BCUT2D eigenvalue weighted by molar-refractivity contribution is 4.64. The Morgan fingerprint density at radius 1 is 0.467 bits per heavy atom. The first-order valence-electron chi connectivity index (χ1n) is 13.4. The minimum atomic E-state index is 0.0630. The monoisotopic (exact) mass is 428 g/mol. The normalized spacial score (nSPS) is 15.8. The molecule has 0 saturated carbocycles. The van der Waals surface area contributed by atoms with Crippen molar-refractivity contribution in [2.24, 2.45) is 17.8 Å². The first kappa shape index (κ1) is 29.9. The van der Waals surface area contributed by atoms with Gasteiger partial charge >= 0.3 is 0 Å². The van der Waals surface area contributed by atoms with Gasteiger partial charge in [0.2, 0.25) is 0 Å². The van der Waals surface area contributed by atoms with Crippen molar-refractivity contribution in [2.75, 3.05) is 33.0 Å². The van der Waals surface area contributed by atoms with Crippen molar-refractivity contribution < 1.29 is 14.2 Å². The van der Waals surface area contributed by atoms with E-state index in [0.717, 1.165) is 19.8 Å². The predicted molar refractivity (Wildman–Crippen MR) is 131 cm³/mol. The summed E-state index contributed by atoms with van der Waals surface area (Å²) in [7, 11) is 0. The van der Waals surface area contributed by atoms with Crippen LogP contribution in [0, 0.1) is 17.8 Å². The summed E-state index contributed by atoms with van der Waals surface area (Å²) in [4.78, 5) is 0. The fourth-order valence-corrected chi connectivity index (χ4v) is 3.84. The summed E-state index contributed by atoms with van der Waals surface area (Å²) in [5, 5.41) is 0. The zero-order valence-electron chi connectivity index (χ0n) is 21.6. The van der Waals surface area contributed by atoms with Gasteiger partial charge in [0.15, 0.2) is 0 Å². The van der Waals surface area contributed by atoms with E-state index in [9.17, 15) is 0 Å². The minimum absolute atomic E-state index is 0.0630. The van der Waals surface area contributed by atoms with Gasteiger partial charge in [-0.1, -0.05) is 99.3 Å². The lowest BCUT2D eigenvalue weighted by Gasteiger charge is -2.24. The molecular weight excluding hydrogens is 372 g/mol. The molecule has 0 aliphatic rings. The molecule has 0 fully saturated rings. The second-order valence-electron chi connectivity index (χ2n) is 9.28. The van der Waals surface area contributed by atoms with Crippen molar-refractivity contribution in [3.05, 3.63) is 0 Å². The van der Waals surface area contributed by atoms with Crippen LogP contribution < -0.4 is 0 Å². The molecule has 182 valence electrons. The molecule has 0 amide bonds. The lowest BCUT2D eigenvalue weighted by Crippen LogP contribution is -2.30. The molecule has 3 unspecified atom stereocenters. The smallest absolute Gasteiger partial charge is 0.104 e. The predicted octanol–water partition coefficient (Wildman–Crippen LogP) is 8.05. The highest BCUT2D eigenvalue weighted by atomic mass is 16.6. The van der Waals surface area contributed by atoms with Gasteiger partial charge in [-0.15, -0.1) is 0 Å². The molecule has 0 rings (SSSR count). The molecular formula is C27H56O3. The highest BCUT2D eigenvalue weighted by Gasteiger charge is 2.16. The Hall–Kier alpha value is -0.120. The molecule has 0 radical (unpaired) electrons. The van der Waals surface area contributed by atoms with Gasteiger partial charge in [0.25, 0.3) is 0 Å². The van der Waals surface area contributed by atoms with Crippen molar-refractivity contribution in [1.82, 2.24) is 0 Å².